The lowest BCUT2D eigenvalue weighted by Gasteiger charge is -2.09. The summed E-state index contributed by atoms with van der Waals surface area (Å²) in [6, 6.07) is 3.02. The Balaban J connectivity index is 3.09. The van der Waals surface area contributed by atoms with Crippen molar-refractivity contribution in [3.8, 4) is 18.1 Å². The van der Waals surface area contributed by atoms with E-state index in [4.69, 9.17) is 17.3 Å². The zero-order valence-corrected chi connectivity index (χ0v) is 9.45. The van der Waals surface area contributed by atoms with E-state index in [2.05, 4.69) is 10.6 Å². The number of phenolic OH excluding ortho intramolecular Hbond substituents is 1. The van der Waals surface area contributed by atoms with Gasteiger partial charge < -0.3 is 10.8 Å². The lowest BCUT2D eigenvalue weighted by atomic mass is 10.3. The fourth-order valence-electron chi connectivity index (χ4n) is 1.03. The smallest absolute Gasteiger partial charge is 0.241 e. The molecule has 0 saturated carbocycles. The second-order valence-electron chi connectivity index (χ2n) is 3.23. The summed E-state index contributed by atoms with van der Waals surface area (Å²) in [5.41, 5.74) is 5.39. The average Bonchev–Trinajstić information content (AvgIpc) is 2.21. The van der Waals surface area contributed by atoms with Crippen molar-refractivity contribution in [2.45, 2.75) is 17.9 Å². The molecule has 4 N–H and O–H groups in total. The minimum atomic E-state index is -3.69. The molecule has 1 aromatic rings. The van der Waals surface area contributed by atoms with Crippen molar-refractivity contribution in [3.63, 3.8) is 0 Å². The van der Waals surface area contributed by atoms with Crippen molar-refractivity contribution in [2.75, 3.05) is 5.73 Å². The van der Waals surface area contributed by atoms with Crippen LogP contribution in [0, 0.1) is 12.3 Å². The maximum Gasteiger partial charge on any atom is 0.241 e. The highest BCUT2D eigenvalue weighted by atomic mass is 32.2. The molecule has 16 heavy (non-hydrogen) atoms. The van der Waals surface area contributed by atoms with E-state index in [-0.39, 0.29) is 16.3 Å². The number of aromatic hydroxyl groups is 1. The van der Waals surface area contributed by atoms with Crippen molar-refractivity contribution in [1.29, 1.82) is 0 Å². The van der Waals surface area contributed by atoms with Crippen molar-refractivity contribution in [1.82, 2.24) is 4.72 Å². The molecule has 5 nitrogen and oxygen atoms in total. The summed E-state index contributed by atoms with van der Waals surface area (Å²) in [7, 11) is -3.69. The van der Waals surface area contributed by atoms with Gasteiger partial charge in [0.05, 0.1) is 16.6 Å². The Morgan fingerprint density at radius 3 is 2.69 bits per heavy atom. The molecule has 6 heteroatoms. The Kier molecular flexibility index (Phi) is 3.42. The topological polar surface area (TPSA) is 92.4 Å². The highest BCUT2D eigenvalue weighted by molar-refractivity contribution is 7.89. The molecule has 0 heterocycles. The number of anilines is 1. The normalized spacial score (nSPS) is 13.0. The first-order valence-electron chi connectivity index (χ1n) is 4.44. The summed E-state index contributed by atoms with van der Waals surface area (Å²) in [6.45, 7) is 1.54. The van der Waals surface area contributed by atoms with Gasteiger partial charge in [-0.1, -0.05) is 5.92 Å². The maximum atomic E-state index is 11.7. The SMILES string of the molecule is C#CC(C)NS(=O)(=O)c1ccc(O)c(N)c1. The molecule has 86 valence electrons. The number of terminal acetylenes is 1. The Bertz CT molecular complexity index is 531. The minimum Gasteiger partial charge on any atom is -0.506 e. The first-order valence-corrected chi connectivity index (χ1v) is 5.92. The lowest BCUT2D eigenvalue weighted by Crippen LogP contribution is -2.31. The highest BCUT2D eigenvalue weighted by Crippen LogP contribution is 2.22. The summed E-state index contributed by atoms with van der Waals surface area (Å²) < 4.78 is 25.7. The number of hydrogen-bond acceptors (Lipinski definition) is 4. The molecule has 0 radical (unpaired) electrons. The molecule has 0 fully saturated rings. The molecule has 1 rings (SSSR count). The van der Waals surface area contributed by atoms with E-state index in [1.165, 1.54) is 18.2 Å². The Morgan fingerprint density at radius 2 is 2.19 bits per heavy atom. The molecule has 0 aliphatic rings. The lowest BCUT2D eigenvalue weighted by molar-refractivity contribution is 0.477. The predicted molar refractivity (Wildman–Crippen MR) is 61.1 cm³/mol. The van der Waals surface area contributed by atoms with Crippen molar-refractivity contribution in [3.05, 3.63) is 18.2 Å². The fraction of sp³-hybridized carbons (Fsp3) is 0.200. The Hall–Kier alpha value is -1.71. The van der Waals surface area contributed by atoms with Gasteiger partial charge in [0.25, 0.3) is 0 Å². The van der Waals surface area contributed by atoms with Gasteiger partial charge in [-0.2, -0.15) is 4.72 Å². The Labute approximate surface area is 94.3 Å². The summed E-state index contributed by atoms with van der Waals surface area (Å²) in [5.74, 6) is 2.08. The van der Waals surface area contributed by atoms with Gasteiger partial charge in [0.2, 0.25) is 10.0 Å². The average molecular weight is 240 g/mol. The third-order valence-corrected chi connectivity index (χ3v) is 3.43. The minimum absolute atomic E-state index is 0.00349. The van der Waals surface area contributed by atoms with Crippen molar-refractivity contribution >= 4 is 15.7 Å². The van der Waals surface area contributed by atoms with Crippen LogP contribution in [0.3, 0.4) is 0 Å². The molecular weight excluding hydrogens is 228 g/mol. The third kappa shape index (κ3) is 2.66. The van der Waals surface area contributed by atoms with E-state index in [0.29, 0.717) is 0 Å². The summed E-state index contributed by atoms with van der Waals surface area (Å²) in [4.78, 5) is -0.0371. The molecule has 1 atom stereocenters. The van der Waals surface area contributed by atoms with Crippen LogP contribution in [0.2, 0.25) is 0 Å². The molecule has 0 spiro atoms. The number of phenols is 1. The predicted octanol–water partition coefficient (Wildman–Crippen LogP) is 0.274. The van der Waals surface area contributed by atoms with Crippen LogP contribution in [0.15, 0.2) is 23.1 Å². The van der Waals surface area contributed by atoms with Crippen molar-refractivity contribution < 1.29 is 13.5 Å². The first-order chi connectivity index (χ1) is 7.36. The number of sulfonamides is 1. The van der Waals surface area contributed by atoms with Crippen molar-refractivity contribution in [2.24, 2.45) is 0 Å². The molecule has 1 aromatic carbocycles. The van der Waals surface area contributed by atoms with Crippen LogP contribution in [0.5, 0.6) is 5.75 Å². The van der Waals surface area contributed by atoms with Gasteiger partial charge in [-0.3, -0.25) is 0 Å². The third-order valence-electron chi connectivity index (χ3n) is 1.89. The number of rotatable bonds is 3. The largest absolute Gasteiger partial charge is 0.506 e. The molecule has 0 aliphatic heterocycles. The van der Waals surface area contributed by atoms with Gasteiger partial charge in [-0.25, -0.2) is 8.42 Å². The standard InChI is InChI=1S/C10H12N2O3S/c1-3-7(2)12-16(14,15)8-4-5-10(13)9(11)6-8/h1,4-7,12-13H,11H2,2H3. The second kappa shape index (κ2) is 4.43. The van der Waals surface area contributed by atoms with Gasteiger partial charge in [0.1, 0.15) is 5.75 Å². The number of nitrogen functional groups attached to an aromatic ring is 1. The molecule has 0 amide bonds. The zero-order valence-electron chi connectivity index (χ0n) is 8.64. The molecule has 0 aromatic heterocycles. The van der Waals surface area contributed by atoms with Crippen LogP contribution >= 0.6 is 0 Å². The van der Waals surface area contributed by atoms with Crippen LogP contribution in [0.1, 0.15) is 6.92 Å². The summed E-state index contributed by atoms with van der Waals surface area (Å²) in [6.07, 6.45) is 5.07. The second-order valence-corrected chi connectivity index (χ2v) is 4.94. The van der Waals surface area contributed by atoms with Crippen LogP contribution in [0.4, 0.5) is 5.69 Å². The van der Waals surface area contributed by atoms with E-state index in [0.717, 1.165) is 0 Å². The first kappa shape index (κ1) is 12.4. The van der Waals surface area contributed by atoms with E-state index >= 15 is 0 Å². The van der Waals surface area contributed by atoms with Gasteiger partial charge in [-0.15, -0.1) is 6.42 Å². The molecular formula is C10H12N2O3S. The van der Waals surface area contributed by atoms with E-state index in [9.17, 15) is 8.42 Å². The molecule has 1 unspecified atom stereocenters. The summed E-state index contributed by atoms with van der Waals surface area (Å²) in [5, 5.41) is 9.16. The molecule has 0 aliphatic carbocycles. The quantitative estimate of drug-likeness (QED) is 0.402. The molecule has 0 saturated heterocycles. The van der Waals surface area contributed by atoms with E-state index < -0.39 is 16.1 Å². The van der Waals surface area contributed by atoms with E-state index in [1.807, 2.05) is 0 Å². The van der Waals surface area contributed by atoms with Crippen LogP contribution in [-0.4, -0.2) is 19.6 Å². The number of hydrogen-bond donors (Lipinski definition) is 3. The van der Waals surface area contributed by atoms with Crippen LogP contribution in [-0.2, 0) is 10.0 Å². The van der Waals surface area contributed by atoms with Crippen LogP contribution in [0.25, 0.3) is 0 Å². The zero-order chi connectivity index (χ0) is 12.3. The number of nitrogens with two attached hydrogens (primary N) is 1. The van der Waals surface area contributed by atoms with Gasteiger partial charge in [0, 0.05) is 0 Å². The monoisotopic (exact) mass is 240 g/mol. The van der Waals surface area contributed by atoms with Gasteiger partial charge in [0.15, 0.2) is 0 Å². The number of benzene rings is 1. The summed E-state index contributed by atoms with van der Waals surface area (Å²) >= 11 is 0. The van der Waals surface area contributed by atoms with Gasteiger partial charge >= 0.3 is 0 Å². The van der Waals surface area contributed by atoms with E-state index in [1.54, 1.807) is 6.92 Å². The Morgan fingerprint density at radius 1 is 1.56 bits per heavy atom. The molecule has 0 bridgehead atoms. The maximum absolute atomic E-state index is 11.7. The highest BCUT2D eigenvalue weighted by Gasteiger charge is 2.17. The number of nitrogens with one attached hydrogen (secondary N) is 1. The van der Waals surface area contributed by atoms with Crippen LogP contribution < -0.4 is 10.5 Å². The van der Waals surface area contributed by atoms with Gasteiger partial charge in [-0.05, 0) is 25.1 Å². The fourth-order valence-corrected chi connectivity index (χ4v) is 2.23.